The Labute approximate surface area is 99.4 Å². The summed E-state index contributed by atoms with van der Waals surface area (Å²) in [6.45, 7) is 0.0689. The van der Waals surface area contributed by atoms with Gasteiger partial charge in [0.2, 0.25) is 10.0 Å². The molecule has 1 rings (SSSR count). The Hall–Kier alpha value is -0.880. The van der Waals surface area contributed by atoms with Crippen molar-refractivity contribution in [3.63, 3.8) is 0 Å². The fraction of sp³-hybridized carbons (Fsp3) is 0.200. The molecule has 1 aromatic rings. The van der Waals surface area contributed by atoms with E-state index in [4.69, 9.17) is 21.8 Å². The quantitative estimate of drug-likeness (QED) is 0.859. The number of benzene rings is 1. The van der Waals surface area contributed by atoms with Crippen LogP contribution in [0.1, 0.15) is 12.0 Å². The molecule has 0 saturated carbocycles. The normalized spacial score (nSPS) is 12.2. The zero-order chi connectivity index (χ0) is 12.2. The number of hydrogen-bond acceptors (Lipinski definition) is 3. The van der Waals surface area contributed by atoms with Gasteiger partial charge in [-0.15, -0.1) is 0 Å². The molecule has 0 aromatic heterocycles. The molecule has 6 heteroatoms. The van der Waals surface area contributed by atoms with Crippen molar-refractivity contribution in [3.8, 4) is 0 Å². The highest BCUT2D eigenvalue weighted by atomic mass is 35.5. The average Bonchev–Trinajstić information content (AvgIpc) is 2.16. The molecule has 4 nitrogen and oxygen atoms in total. The van der Waals surface area contributed by atoms with Crippen LogP contribution >= 0.6 is 11.6 Å². The molecule has 0 aliphatic carbocycles. The van der Waals surface area contributed by atoms with E-state index in [0.29, 0.717) is 6.42 Å². The van der Waals surface area contributed by atoms with E-state index in [-0.39, 0.29) is 16.5 Å². The van der Waals surface area contributed by atoms with Crippen molar-refractivity contribution in [3.05, 3.63) is 34.9 Å². The number of aliphatic hydroxyl groups is 1. The van der Waals surface area contributed by atoms with Crippen molar-refractivity contribution in [2.24, 2.45) is 5.14 Å². The predicted octanol–water partition coefficient (Wildman–Crippen LogP) is 1.38. The van der Waals surface area contributed by atoms with E-state index in [0.717, 1.165) is 5.56 Å². The second-order valence-corrected chi connectivity index (χ2v) is 5.09. The number of halogens is 1. The van der Waals surface area contributed by atoms with E-state index in [2.05, 4.69) is 0 Å². The first-order valence-corrected chi connectivity index (χ1v) is 6.47. The van der Waals surface area contributed by atoms with Gasteiger partial charge in [0.1, 0.15) is 4.90 Å². The van der Waals surface area contributed by atoms with Crippen LogP contribution in [0.15, 0.2) is 29.2 Å². The maximum atomic E-state index is 11.1. The van der Waals surface area contributed by atoms with Crippen LogP contribution in [0.2, 0.25) is 5.02 Å². The molecule has 0 unspecified atom stereocenters. The van der Waals surface area contributed by atoms with Crippen LogP contribution < -0.4 is 5.14 Å². The van der Waals surface area contributed by atoms with E-state index in [9.17, 15) is 8.42 Å². The largest absolute Gasteiger partial charge is 0.396 e. The molecule has 0 amide bonds. The Morgan fingerprint density at radius 3 is 2.62 bits per heavy atom. The summed E-state index contributed by atoms with van der Waals surface area (Å²) in [4.78, 5) is -0.0894. The van der Waals surface area contributed by atoms with Crippen LogP contribution in [-0.4, -0.2) is 20.1 Å². The van der Waals surface area contributed by atoms with Gasteiger partial charge in [0.15, 0.2) is 0 Å². The molecule has 0 bridgehead atoms. The molecule has 0 radical (unpaired) electrons. The summed E-state index contributed by atoms with van der Waals surface area (Å²) >= 11 is 5.78. The van der Waals surface area contributed by atoms with Gasteiger partial charge in [-0.1, -0.05) is 29.8 Å². The standard InChI is InChI=1S/C10H12ClNO3S/c11-9-7-8(3-1-2-6-13)4-5-10(9)16(12,14)15/h1,3-5,7,13H,2,6H2,(H2,12,14,15). The van der Waals surface area contributed by atoms with E-state index < -0.39 is 10.0 Å². The summed E-state index contributed by atoms with van der Waals surface area (Å²) in [5.41, 5.74) is 0.755. The fourth-order valence-electron chi connectivity index (χ4n) is 1.15. The van der Waals surface area contributed by atoms with E-state index in [1.54, 1.807) is 18.2 Å². The molecule has 0 heterocycles. The van der Waals surface area contributed by atoms with Crippen LogP contribution in [-0.2, 0) is 10.0 Å². The van der Waals surface area contributed by atoms with E-state index >= 15 is 0 Å². The molecule has 0 saturated heterocycles. The second-order valence-electron chi connectivity index (χ2n) is 3.15. The maximum absolute atomic E-state index is 11.1. The second kappa shape index (κ2) is 5.45. The fourth-order valence-corrected chi connectivity index (χ4v) is 2.25. The first-order valence-electron chi connectivity index (χ1n) is 4.55. The van der Waals surface area contributed by atoms with Gasteiger partial charge in [-0.2, -0.15) is 0 Å². The predicted molar refractivity (Wildman–Crippen MR) is 63.6 cm³/mol. The molecule has 16 heavy (non-hydrogen) atoms. The smallest absolute Gasteiger partial charge is 0.239 e. The first kappa shape index (κ1) is 13.2. The van der Waals surface area contributed by atoms with Gasteiger partial charge in [0.05, 0.1) is 5.02 Å². The number of primary sulfonamides is 1. The lowest BCUT2D eigenvalue weighted by atomic mass is 10.2. The highest BCUT2D eigenvalue weighted by Gasteiger charge is 2.12. The van der Waals surface area contributed by atoms with Crippen LogP contribution in [0, 0.1) is 0 Å². The SMILES string of the molecule is NS(=O)(=O)c1ccc(C=CCCO)cc1Cl. The Morgan fingerprint density at radius 1 is 1.44 bits per heavy atom. The summed E-state index contributed by atoms with van der Waals surface area (Å²) in [5, 5.41) is 13.6. The van der Waals surface area contributed by atoms with Crippen LogP contribution in [0.4, 0.5) is 0 Å². The lowest BCUT2D eigenvalue weighted by Crippen LogP contribution is -2.12. The Morgan fingerprint density at radius 2 is 2.12 bits per heavy atom. The number of hydrogen-bond donors (Lipinski definition) is 2. The third kappa shape index (κ3) is 3.61. The van der Waals surface area contributed by atoms with Crippen molar-refractivity contribution < 1.29 is 13.5 Å². The molecule has 0 atom stereocenters. The van der Waals surface area contributed by atoms with Crippen LogP contribution in [0.5, 0.6) is 0 Å². The summed E-state index contributed by atoms with van der Waals surface area (Å²) in [5.74, 6) is 0. The maximum Gasteiger partial charge on any atom is 0.239 e. The van der Waals surface area contributed by atoms with Gasteiger partial charge in [-0.05, 0) is 24.1 Å². The minimum Gasteiger partial charge on any atom is -0.396 e. The third-order valence-electron chi connectivity index (χ3n) is 1.87. The van der Waals surface area contributed by atoms with Gasteiger partial charge in [0, 0.05) is 6.61 Å². The highest BCUT2D eigenvalue weighted by molar-refractivity contribution is 7.89. The van der Waals surface area contributed by atoms with Crippen molar-refractivity contribution in [1.29, 1.82) is 0 Å². The number of nitrogens with two attached hydrogens (primary N) is 1. The number of sulfonamides is 1. The third-order valence-corrected chi connectivity index (χ3v) is 3.26. The van der Waals surface area contributed by atoms with Gasteiger partial charge in [0.25, 0.3) is 0 Å². The Bertz CT molecular complexity index is 497. The molecule has 3 N–H and O–H groups in total. The topological polar surface area (TPSA) is 80.4 Å². The van der Waals surface area contributed by atoms with Gasteiger partial charge >= 0.3 is 0 Å². The van der Waals surface area contributed by atoms with Crippen LogP contribution in [0.25, 0.3) is 6.08 Å². The minimum atomic E-state index is -3.77. The van der Waals surface area contributed by atoms with Gasteiger partial charge in [-0.3, -0.25) is 0 Å². The van der Waals surface area contributed by atoms with Crippen molar-refractivity contribution in [1.82, 2.24) is 0 Å². The average molecular weight is 262 g/mol. The molecule has 1 aromatic carbocycles. The first-order chi connectivity index (χ1) is 7.45. The highest BCUT2D eigenvalue weighted by Crippen LogP contribution is 2.22. The zero-order valence-corrected chi connectivity index (χ0v) is 10.0. The Balaban J connectivity index is 3.01. The molecule has 0 spiro atoms. The van der Waals surface area contributed by atoms with Crippen molar-refractivity contribution in [2.45, 2.75) is 11.3 Å². The lowest BCUT2D eigenvalue weighted by molar-refractivity contribution is 0.303. The summed E-state index contributed by atoms with van der Waals surface area (Å²) < 4.78 is 22.1. The summed E-state index contributed by atoms with van der Waals surface area (Å²) in [6.07, 6.45) is 4.05. The van der Waals surface area contributed by atoms with E-state index in [1.807, 2.05) is 0 Å². The number of rotatable bonds is 4. The lowest BCUT2D eigenvalue weighted by Gasteiger charge is -2.02. The molecular weight excluding hydrogens is 250 g/mol. The van der Waals surface area contributed by atoms with Crippen molar-refractivity contribution in [2.75, 3.05) is 6.61 Å². The molecule has 0 fully saturated rings. The summed E-state index contributed by atoms with van der Waals surface area (Å²) in [7, 11) is -3.77. The molecular formula is C10H12ClNO3S. The molecule has 0 aliphatic rings. The minimum absolute atomic E-state index is 0.0689. The zero-order valence-electron chi connectivity index (χ0n) is 8.43. The Kier molecular flexibility index (Phi) is 4.49. The monoisotopic (exact) mass is 261 g/mol. The van der Waals surface area contributed by atoms with Crippen LogP contribution in [0.3, 0.4) is 0 Å². The van der Waals surface area contributed by atoms with Gasteiger partial charge < -0.3 is 5.11 Å². The number of aliphatic hydroxyl groups excluding tert-OH is 1. The summed E-state index contributed by atoms with van der Waals surface area (Å²) in [6, 6.07) is 4.46. The molecule has 0 aliphatic heterocycles. The molecule has 88 valence electrons. The van der Waals surface area contributed by atoms with Gasteiger partial charge in [-0.25, -0.2) is 13.6 Å². The van der Waals surface area contributed by atoms with E-state index in [1.165, 1.54) is 12.1 Å². The van der Waals surface area contributed by atoms with Crippen molar-refractivity contribution >= 4 is 27.7 Å².